The van der Waals surface area contributed by atoms with Crippen molar-refractivity contribution >= 4 is 39.7 Å². The van der Waals surface area contributed by atoms with Crippen molar-refractivity contribution in [2.45, 2.75) is 19.4 Å². The number of rotatable bonds is 7. The first-order valence-electron chi connectivity index (χ1n) is 9.13. The van der Waals surface area contributed by atoms with Crippen LogP contribution in [0.2, 0.25) is 0 Å². The molecule has 7 heteroatoms. The highest BCUT2D eigenvalue weighted by Gasteiger charge is 2.16. The molecule has 0 bridgehead atoms. The number of amides is 3. The lowest BCUT2D eigenvalue weighted by Gasteiger charge is -2.12. The van der Waals surface area contributed by atoms with E-state index in [9.17, 15) is 14.4 Å². The van der Waals surface area contributed by atoms with Gasteiger partial charge in [-0.25, -0.2) is 4.79 Å². The minimum Gasteiger partial charge on any atom is -0.348 e. The molecule has 0 spiro atoms. The SMILES string of the molecule is C[C@@H](CC(=O)c1ccccc1)NC(=O)c1ccc(NC(=O)Nc2ccccc2)s1. The quantitative estimate of drug-likeness (QED) is 0.493. The molecule has 3 N–H and O–H groups in total. The van der Waals surface area contributed by atoms with Gasteiger partial charge in [-0.2, -0.15) is 0 Å². The Hall–Kier alpha value is -3.45. The third-order valence-corrected chi connectivity index (χ3v) is 5.06. The zero-order valence-electron chi connectivity index (χ0n) is 15.8. The van der Waals surface area contributed by atoms with Gasteiger partial charge in [0.05, 0.1) is 9.88 Å². The van der Waals surface area contributed by atoms with E-state index in [0.29, 0.717) is 21.1 Å². The number of hydrogen-bond donors (Lipinski definition) is 3. The molecule has 29 heavy (non-hydrogen) atoms. The Kier molecular flexibility index (Phi) is 6.76. The number of para-hydroxylation sites is 1. The lowest BCUT2D eigenvalue weighted by Crippen LogP contribution is -2.33. The Balaban J connectivity index is 1.51. The second kappa shape index (κ2) is 9.66. The Bertz CT molecular complexity index is 987. The van der Waals surface area contributed by atoms with Crippen LogP contribution in [0.5, 0.6) is 0 Å². The summed E-state index contributed by atoms with van der Waals surface area (Å²) in [5, 5.41) is 8.80. The smallest absolute Gasteiger partial charge is 0.324 e. The third-order valence-electron chi connectivity index (χ3n) is 4.06. The minimum absolute atomic E-state index is 0.0236. The zero-order chi connectivity index (χ0) is 20.6. The molecule has 0 saturated heterocycles. The number of ketones is 1. The molecule has 0 unspecified atom stereocenters. The number of carbonyl (C=O) groups excluding carboxylic acids is 3. The summed E-state index contributed by atoms with van der Waals surface area (Å²) in [5.74, 6) is -0.301. The van der Waals surface area contributed by atoms with Gasteiger partial charge in [0, 0.05) is 23.7 Å². The number of hydrogen-bond acceptors (Lipinski definition) is 4. The van der Waals surface area contributed by atoms with E-state index in [0.717, 1.165) is 0 Å². The summed E-state index contributed by atoms with van der Waals surface area (Å²) in [4.78, 5) is 37.2. The van der Waals surface area contributed by atoms with Crippen LogP contribution in [-0.2, 0) is 0 Å². The first-order chi connectivity index (χ1) is 14.0. The minimum atomic E-state index is -0.383. The van der Waals surface area contributed by atoms with Gasteiger partial charge < -0.3 is 10.6 Å². The monoisotopic (exact) mass is 407 g/mol. The summed E-state index contributed by atoms with van der Waals surface area (Å²) < 4.78 is 0. The third kappa shape index (κ3) is 6.02. The van der Waals surface area contributed by atoms with Crippen molar-refractivity contribution in [3.05, 3.63) is 83.2 Å². The van der Waals surface area contributed by atoms with E-state index in [1.54, 1.807) is 43.3 Å². The fraction of sp³-hybridized carbons (Fsp3) is 0.136. The molecule has 0 aliphatic carbocycles. The molecule has 1 heterocycles. The standard InChI is InChI=1S/C22H21N3O3S/c1-15(14-18(26)16-8-4-2-5-9-16)23-21(27)19-12-13-20(29-19)25-22(28)24-17-10-6-3-7-11-17/h2-13,15H,14H2,1H3,(H,23,27)(H2,24,25,28)/t15-/m0/s1. The number of thiophene rings is 1. The molecule has 0 aliphatic rings. The van der Waals surface area contributed by atoms with E-state index in [2.05, 4.69) is 16.0 Å². The molecule has 1 atom stereocenters. The number of carbonyl (C=O) groups is 3. The second-order valence-electron chi connectivity index (χ2n) is 6.48. The highest BCUT2D eigenvalue weighted by atomic mass is 32.1. The average Bonchev–Trinajstić information content (AvgIpc) is 3.17. The summed E-state index contributed by atoms with van der Waals surface area (Å²) in [6.45, 7) is 1.79. The molecule has 0 radical (unpaired) electrons. The van der Waals surface area contributed by atoms with Crippen molar-refractivity contribution in [2.24, 2.45) is 0 Å². The van der Waals surface area contributed by atoms with Gasteiger partial charge in [0.1, 0.15) is 0 Å². The Morgan fingerprint density at radius 2 is 1.52 bits per heavy atom. The maximum Gasteiger partial charge on any atom is 0.324 e. The van der Waals surface area contributed by atoms with E-state index in [1.165, 1.54) is 11.3 Å². The van der Waals surface area contributed by atoms with E-state index < -0.39 is 0 Å². The molecule has 1 aromatic heterocycles. The van der Waals surface area contributed by atoms with Crippen molar-refractivity contribution in [1.29, 1.82) is 0 Å². The molecular weight excluding hydrogens is 386 g/mol. The number of nitrogens with one attached hydrogen (secondary N) is 3. The van der Waals surface area contributed by atoms with Gasteiger partial charge in [-0.05, 0) is 31.2 Å². The van der Waals surface area contributed by atoms with Crippen LogP contribution >= 0.6 is 11.3 Å². The fourth-order valence-corrected chi connectivity index (χ4v) is 3.49. The molecule has 2 aromatic carbocycles. The lowest BCUT2D eigenvalue weighted by molar-refractivity contribution is 0.0921. The van der Waals surface area contributed by atoms with Gasteiger partial charge in [-0.15, -0.1) is 11.3 Å². The van der Waals surface area contributed by atoms with Gasteiger partial charge in [-0.1, -0.05) is 48.5 Å². The summed E-state index contributed by atoms with van der Waals surface area (Å²) in [5.41, 5.74) is 1.30. The van der Waals surface area contributed by atoms with Crippen molar-refractivity contribution < 1.29 is 14.4 Å². The molecule has 0 aliphatic heterocycles. The van der Waals surface area contributed by atoms with Crippen LogP contribution in [0.15, 0.2) is 72.8 Å². The maximum atomic E-state index is 12.4. The highest BCUT2D eigenvalue weighted by molar-refractivity contribution is 7.18. The number of Topliss-reactive ketones (excluding diaryl/α,β-unsaturated/α-hetero) is 1. The Morgan fingerprint density at radius 3 is 2.21 bits per heavy atom. The molecule has 6 nitrogen and oxygen atoms in total. The van der Waals surface area contributed by atoms with Gasteiger partial charge in [0.2, 0.25) is 0 Å². The summed E-state index contributed by atoms with van der Waals surface area (Å²) in [6.07, 6.45) is 0.214. The molecule has 148 valence electrons. The van der Waals surface area contributed by atoms with E-state index in [4.69, 9.17) is 0 Å². The van der Waals surface area contributed by atoms with Crippen LogP contribution in [0.1, 0.15) is 33.4 Å². The van der Waals surface area contributed by atoms with E-state index >= 15 is 0 Å². The van der Waals surface area contributed by atoms with Gasteiger partial charge >= 0.3 is 6.03 Å². The fourth-order valence-electron chi connectivity index (χ4n) is 2.69. The first kappa shape index (κ1) is 20.3. The molecule has 3 rings (SSSR count). The highest BCUT2D eigenvalue weighted by Crippen LogP contribution is 2.22. The molecule has 3 aromatic rings. The van der Waals surface area contributed by atoms with Gasteiger partial charge in [0.15, 0.2) is 5.78 Å². The topological polar surface area (TPSA) is 87.3 Å². The summed E-state index contributed by atoms with van der Waals surface area (Å²) in [6, 6.07) is 20.7. The van der Waals surface area contributed by atoms with Crippen molar-refractivity contribution in [2.75, 3.05) is 10.6 Å². The van der Waals surface area contributed by atoms with Crippen LogP contribution in [0, 0.1) is 0 Å². The molecule has 3 amide bonds. The number of benzene rings is 2. The average molecular weight is 407 g/mol. The normalized spacial score (nSPS) is 11.3. The molecule has 0 fully saturated rings. The summed E-state index contributed by atoms with van der Waals surface area (Å²) >= 11 is 1.17. The zero-order valence-corrected chi connectivity index (χ0v) is 16.7. The second-order valence-corrected chi connectivity index (χ2v) is 7.56. The van der Waals surface area contributed by atoms with Crippen LogP contribution in [0.25, 0.3) is 0 Å². The van der Waals surface area contributed by atoms with Crippen LogP contribution in [0.3, 0.4) is 0 Å². The summed E-state index contributed by atoms with van der Waals surface area (Å²) in [7, 11) is 0. The predicted molar refractivity (Wildman–Crippen MR) is 116 cm³/mol. The van der Waals surface area contributed by atoms with Crippen LogP contribution < -0.4 is 16.0 Å². The Morgan fingerprint density at radius 1 is 0.862 bits per heavy atom. The first-order valence-corrected chi connectivity index (χ1v) is 9.95. The van der Waals surface area contributed by atoms with Gasteiger partial charge in [0.25, 0.3) is 5.91 Å². The van der Waals surface area contributed by atoms with Crippen molar-refractivity contribution in [3.63, 3.8) is 0 Å². The van der Waals surface area contributed by atoms with Crippen LogP contribution in [0.4, 0.5) is 15.5 Å². The number of urea groups is 1. The van der Waals surface area contributed by atoms with Gasteiger partial charge in [-0.3, -0.25) is 14.9 Å². The van der Waals surface area contributed by atoms with E-state index in [1.807, 2.05) is 36.4 Å². The van der Waals surface area contributed by atoms with E-state index in [-0.39, 0.29) is 30.2 Å². The Labute approximate surface area is 173 Å². The molecular formula is C22H21N3O3S. The van der Waals surface area contributed by atoms with Crippen molar-refractivity contribution in [3.8, 4) is 0 Å². The number of anilines is 2. The maximum absolute atomic E-state index is 12.4. The van der Waals surface area contributed by atoms with Crippen molar-refractivity contribution in [1.82, 2.24) is 5.32 Å². The lowest BCUT2D eigenvalue weighted by atomic mass is 10.0. The predicted octanol–water partition coefficient (Wildman–Crippen LogP) is 4.78. The largest absolute Gasteiger partial charge is 0.348 e. The van der Waals surface area contributed by atoms with Crippen LogP contribution in [-0.4, -0.2) is 23.8 Å². The molecule has 0 saturated carbocycles.